The number of aromatic nitrogens is 1. The lowest BCUT2D eigenvalue weighted by Gasteiger charge is -2.08. The fourth-order valence-electron chi connectivity index (χ4n) is 4.03. The summed E-state index contributed by atoms with van der Waals surface area (Å²) in [6, 6.07) is 11.7. The van der Waals surface area contributed by atoms with Crippen LogP contribution in [-0.2, 0) is 9.53 Å². The van der Waals surface area contributed by atoms with Gasteiger partial charge in [0, 0.05) is 24.1 Å². The Balaban J connectivity index is 1.23. The average molecular weight is 464 g/mol. The van der Waals surface area contributed by atoms with Crippen LogP contribution in [0.4, 0.5) is 0 Å². The second kappa shape index (κ2) is 11.8. The lowest BCUT2D eigenvalue weighted by atomic mass is 10.0. The summed E-state index contributed by atoms with van der Waals surface area (Å²) in [6.45, 7) is 2.90. The Morgan fingerprint density at radius 3 is 2.56 bits per heavy atom. The molecule has 0 saturated heterocycles. The van der Waals surface area contributed by atoms with E-state index in [1.54, 1.807) is 19.2 Å². The van der Waals surface area contributed by atoms with Crippen LogP contribution in [0.15, 0.2) is 51.8 Å². The van der Waals surface area contributed by atoms with E-state index in [2.05, 4.69) is 17.1 Å². The summed E-state index contributed by atoms with van der Waals surface area (Å²) in [7, 11) is 0. The SMILES string of the molecule is CCC(=O)OCCCCCCCCOc1cc2oc(=O)c(-c3cccc(C4CC4)c3)cc2cn1. The number of rotatable bonds is 13. The van der Waals surface area contributed by atoms with Gasteiger partial charge in [0.2, 0.25) is 5.88 Å². The first-order valence-corrected chi connectivity index (χ1v) is 12.5. The largest absolute Gasteiger partial charge is 0.478 e. The zero-order valence-corrected chi connectivity index (χ0v) is 19.9. The van der Waals surface area contributed by atoms with E-state index in [4.69, 9.17) is 13.9 Å². The van der Waals surface area contributed by atoms with Gasteiger partial charge in [-0.2, -0.15) is 0 Å². The second-order valence-electron chi connectivity index (χ2n) is 8.95. The first-order chi connectivity index (χ1) is 16.6. The van der Waals surface area contributed by atoms with Gasteiger partial charge in [0.15, 0.2) is 0 Å². The van der Waals surface area contributed by atoms with Gasteiger partial charge >= 0.3 is 11.6 Å². The molecule has 2 heterocycles. The van der Waals surface area contributed by atoms with Crippen LogP contribution in [0.1, 0.15) is 76.2 Å². The first kappa shape index (κ1) is 24.0. The summed E-state index contributed by atoms with van der Waals surface area (Å²) in [5.41, 5.74) is 2.88. The lowest BCUT2D eigenvalue weighted by molar-refractivity contribution is -0.143. The first-order valence-electron chi connectivity index (χ1n) is 12.5. The molecule has 0 radical (unpaired) electrons. The Kier molecular flexibility index (Phi) is 8.34. The molecule has 6 heteroatoms. The summed E-state index contributed by atoms with van der Waals surface area (Å²) in [4.78, 5) is 28.1. The van der Waals surface area contributed by atoms with Gasteiger partial charge in [0.05, 0.1) is 18.8 Å². The molecule has 6 nitrogen and oxygen atoms in total. The van der Waals surface area contributed by atoms with E-state index in [0.29, 0.717) is 42.6 Å². The van der Waals surface area contributed by atoms with Crippen molar-refractivity contribution >= 4 is 16.9 Å². The molecule has 180 valence electrons. The van der Waals surface area contributed by atoms with Crippen LogP contribution < -0.4 is 10.4 Å². The number of hydrogen-bond donors (Lipinski definition) is 0. The molecule has 0 bridgehead atoms. The molecule has 1 fully saturated rings. The normalized spacial score (nSPS) is 13.2. The van der Waals surface area contributed by atoms with Gasteiger partial charge in [-0.3, -0.25) is 4.79 Å². The summed E-state index contributed by atoms with van der Waals surface area (Å²) < 4.78 is 16.5. The van der Waals surface area contributed by atoms with Crippen LogP contribution in [0, 0.1) is 0 Å². The molecule has 0 unspecified atom stereocenters. The van der Waals surface area contributed by atoms with E-state index in [0.717, 1.165) is 49.5 Å². The summed E-state index contributed by atoms with van der Waals surface area (Å²) >= 11 is 0. The van der Waals surface area contributed by atoms with Gasteiger partial charge in [0.1, 0.15) is 5.58 Å². The maximum atomic E-state index is 12.7. The summed E-state index contributed by atoms with van der Waals surface area (Å²) in [5.74, 6) is 0.973. The van der Waals surface area contributed by atoms with E-state index in [-0.39, 0.29) is 11.6 Å². The third-order valence-electron chi connectivity index (χ3n) is 6.18. The highest BCUT2D eigenvalue weighted by atomic mass is 16.5. The number of carbonyl (C=O) groups is 1. The van der Waals surface area contributed by atoms with E-state index < -0.39 is 0 Å². The minimum Gasteiger partial charge on any atom is -0.478 e. The van der Waals surface area contributed by atoms with E-state index in [1.807, 2.05) is 18.2 Å². The molecule has 34 heavy (non-hydrogen) atoms. The van der Waals surface area contributed by atoms with Gasteiger partial charge in [-0.15, -0.1) is 0 Å². The number of unbranched alkanes of at least 4 members (excludes halogenated alkanes) is 5. The van der Waals surface area contributed by atoms with Crippen molar-refractivity contribution in [2.75, 3.05) is 13.2 Å². The molecule has 2 aromatic heterocycles. The van der Waals surface area contributed by atoms with Crippen LogP contribution in [-0.4, -0.2) is 24.2 Å². The molecule has 1 aliphatic rings. The number of carbonyl (C=O) groups excluding carboxylic acids is 1. The lowest BCUT2D eigenvalue weighted by Crippen LogP contribution is -2.04. The van der Waals surface area contributed by atoms with Crippen molar-refractivity contribution in [3.8, 4) is 17.0 Å². The molecule has 4 rings (SSSR count). The number of ether oxygens (including phenoxy) is 2. The average Bonchev–Trinajstić information content (AvgIpc) is 3.70. The van der Waals surface area contributed by atoms with Crippen molar-refractivity contribution in [1.29, 1.82) is 0 Å². The number of hydrogen-bond acceptors (Lipinski definition) is 6. The quantitative estimate of drug-likeness (QED) is 0.215. The van der Waals surface area contributed by atoms with Crippen molar-refractivity contribution in [3.05, 3.63) is 58.6 Å². The fourth-order valence-corrected chi connectivity index (χ4v) is 4.03. The summed E-state index contributed by atoms with van der Waals surface area (Å²) in [6.07, 6.45) is 10.8. The highest BCUT2D eigenvalue weighted by Gasteiger charge is 2.23. The third-order valence-corrected chi connectivity index (χ3v) is 6.18. The molecule has 1 saturated carbocycles. The molecule has 3 aromatic rings. The number of fused-ring (bicyclic) bond motifs is 1. The third kappa shape index (κ3) is 6.69. The van der Waals surface area contributed by atoms with Crippen molar-refractivity contribution in [1.82, 2.24) is 4.98 Å². The van der Waals surface area contributed by atoms with Crippen molar-refractivity contribution in [2.45, 2.75) is 70.6 Å². The molecular weight excluding hydrogens is 430 g/mol. The van der Waals surface area contributed by atoms with E-state index in [9.17, 15) is 9.59 Å². The highest BCUT2D eigenvalue weighted by molar-refractivity contribution is 5.81. The molecule has 0 amide bonds. The molecule has 0 spiro atoms. The van der Waals surface area contributed by atoms with Crippen molar-refractivity contribution < 1.29 is 18.7 Å². The Hall–Kier alpha value is -3.15. The van der Waals surface area contributed by atoms with Crippen molar-refractivity contribution in [2.24, 2.45) is 0 Å². The van der Waals surface area contributed by atoms with Crippen molar-refractivity contribution in [3.63, 3.8) is 0 Å². The van der Waals surface area contributed by atoms with E-state index >= 15 is 0 Å². The van der Waals surface area contributed by atoms with Crippen LogP contribution >= 0.6 is 0 Å². The van der Waals surface area contributed by atoms with Gasteiger partial charge in [-0.05, 0) is 48.8 Å². The fraction of sp³-hybridized carbons (Fsp3) is 0.464. The maximum Gasteiger partial charge on any atom is 0.344 e. The number of pyridine rings is 1. The topological polar surface area (TPSA) is 78.6 Å². The smallest absolute Gasteiger partial charge is 0.344 e. The number of nitrogens with zero attached hydrogens (tertiary/aromatic N) is 1. The number of esters is 1. The van der Waals surface area contributed by atoms with Gasteiger partial charge in [-0.25, -0.2) is 9.78 Å². The maximum absolute atomic E-state index is 12.7. The van der Waals surface area contributed by atoms with Gasteiger partial charge in [-0.1, -0.05) is 56.9 Å². The molecule has 0 atom stereocenters. The van der Waals surface area contributed by atoms with Gasteiger partial charge < -0.3 is 13.9 Å². The van der Waals surface area contributed by atoms with Crippen LogP contribution in [0.3, 0.4) is 0 Å². The predicted octanol–water partition coefficient (Wildman–Crippen LogP) is 6.41. The molecule has 0 aliphatic heterocycles. The highest BCUT2D eigenvalue weighted by Crippen LogP contribution is 2.41. The van der Waals surface area contributed by atoms with Crippen LogP contribution in [0.2, 0.25) is 0 Å². The predicted molar refractivity (Wildman–Crippen MR) is 132 cm³/mol. The Bertz CT molecular complexity index is 1160. The Labute approximate surface area is 200 Å². The Morgan fingerprint density at radius 2 is 1.79 bits per heavy atom. The van der Waals surface area contributed by atoms with Crippen LogP contribution in [0.25, 0.3) is 22.1 Å². The van der Waals surface area contributed by atoms with Gasteiger partial charge in [0.25, 0.3) is 0 Å². The Morgan fingerprint density at radius 1 is 1.03 bits per heavy atom. The zero-order chi connectivity index (χ0) is 23.8. The second-order valence-corrected chi connectivity index (χ2v) is 8.95. The zero-order valence-electron chi connectivity index (χ0n) is 19.9. The van der Waals surface area contributed by atoms with E-state index in [1.165, 1.54) is 18.4 Å². The molecule has 0 N–H and O–H groups in total. The molecular formula is C28H33NO5. The monoisotopic (exact) mass is 463 g/mol. The minimum atomic E-state index is -0.345. The number of benzene rings is 1. The van der Waals surface area contributed by atoms with Crippen LogP contribution in [0.5, 0.6) is 5.88 Å². The standard InChI is InChI=1S/C28H33NO5/c1-2-27(30)33-15-8-6-4-3-5-7-14-32-26-18-25-23(19-29-26)17-24(28(31)34-25)22-11-9-10-21(16-22)20-12-13-20/h9-11,16-20H,2-8,12-15H2,1H3. The molecule has 1 aromatic carbocycles. The molecule has 1 aliphatic carbocycles. The minimum absolute atomic E-state index is 0.127. The summed E-state index contributed by atoms with van der Waals surface area (Å²) in [5, 5.41) is 0.781.